The Kier molecular flexibility index (Phi) is 9.51. The fourth-order valence-corrected chi connectivity index (χ4v) is 3.37. The Labute approximate surface area is 180 Å². The van der Waals surface area contributed by atoms with Gasteiger partial charge in [0.25, 0.3) is 0 Å². The van der Waals surface area contributed by atoms with Crippen LogP contribution in [0.15, 0.2) is 42.5 Å². The maximum absolute atomic E-state index is 13.1. The number of nitrogens with two attached hydrogens (primary N) is 1. The van der Waals surface area contributed by atoms with Crippen molar-refractivity contribution in [2.24, 2.45) is 5.73 Å². The molecule has 9 heteroatoms. The van der Waals surface area contributed by atoms with E-state index < -0.39 is 30.2 Å². The van der Waals surface area contributed by atoms with Crippen molar-refractivity contribution in [2.45, 2.75) is 56.9 Å². The molecule has 6 nitrogen and oxygen atoms in total. The molecule has 1 unspecified atom stereocenters. The molecular weight excluding hydrogens is 411 g/mol. The summed E-state index contributed by atoms with van der Waals surface area (Å²) in [6.45, 7) is 1.89. The topological polar surface area (TPSA) is 84.7 Å². The first-order valence-corrected chi connectivity index (χ1v) is 10.4. The van der Waals surface area contributed by atoms with Crippen molar-refractivity contribution in [2.75, 3.05) is 19.8 Å². The van der Waals surface area contributed by atoms with Crippen molar-refractivity contribution in [3.05, 3.63) is 48.0 Å². The van der Waals surface area contributed by atoms with Crippen LogP contribution in [0.4, 0.5) is 13.2 Å². The summed E-state index contributed by atoms with van der Waals surface area (Å²) >= 11 is 0. The summed E-state index contributed by atoms with van der Waals surface area (Å²) in [5.74, 6) is -2.24. The van der Waals surface area contributed by atoms with Gasteiger partial charge in [0.05, 0.1) is 18.7 Å². The Bertz CT molecular complexity index is 733. The second-order valence-electron chi connectivity index (χ2n) is 7.68. The molecule has 0 saturated carbocycles. The van der Waals surface area contributed by atoms with Gasteiger partial charge in [0, 0.05) is 19.2 Å². The molecule has 0 radical (unpaired) electrons. The number of amides is 2. The SMILES string of the molecule is C[C@H](N)C(=O)N[C@H](/C=C/CN(C(=O)C(F)(F)F)C1CCCOC1)CCc1ccccc1. The van der Waals surface area contributed by atoms with E-state index in [4.69, 9.17) is 10.5 Å². The molecule has 1 heterocycles. The quantitative estimate of drug-likeness (QED) is 0.577. The summed E-state index contributed by atoms with van der Waals surface area (Å²) in [6, 6.07) is 7.87. The van der Waals surface area contributed by atoms with E-state index in [-0.39, 0.29) is 19.1 Å². The maximum atomic E-state index is 13.1. The van der Waals surface area contributed by atoms with Crippen LogP contribution in [0.3, 0.4) is 0 Å². The third kappa shape index (κ3) is 8.34. The summed E-state index contributed by atoms with van der Waals surface area (Å²) in [5.41, 5.74) is 6.70. The smallest absolute Gasteiger partial charge is 0.379 e. The molecule has 0 aromatic heterocycles. The lowest BCUT2D eigenvalue weighted by molar-refractivity contribution is -0.189. The van der Waals surface area contributed by atoms with E-state index in [2.05, 4.69) is 5.32 Å². The first-order chi connectivity index (χ1) is 14.7. The van der Waals surface area contributed by atoms with Gasteiger partial charge in [-0.05, 0) is 38.2 Å². The second-order valence-corrected chi connectivity index (χ2v) is 7.68. The Morgan fingerprint density at radius 2 is 2.03 bits per heavy atom. The van der Waals surface area contributed by atoms with Crippen molar-refractivity contribution in [3.63, 3.8) is 0 Å². The molecule has 0 spiro atoms. The number of hydrogen-bond acceptors (Lipinski definition) is 4. The summed E-state index contributed by atoms with van der Waals surface area (Å²) in [5, 5.41) is 2.80. The van der Waals surface area contributed by atoms with E-state index in [1.165, 1.54) is 6.08 Å². The lowest BCUT2D eigenvalue weighted by Crippen LogP contribution is -2.50. The number of hydrogen-bond donors (Lipinski definition) is 2. The Morgan fingerprint density at radius 1 is 1.32 bits per heavy atom. The fourth-order valence-electron chi connectivity index (χ4n) is 3.37. The van der Waals surface area contributed by atoms with E-state index in [0.29, 0.717) is 32.3 Å². The van der Waals surface area contributed by atoms with Gasteiger partial charge in [0.1, 0.15) is 0 Å². The highest BCUT2D eigenvalue weighted by Crippen LogP contribution is 2.23. The molecule has 1 aliphatic rings. The second kappa shape index (κ2) is 11.9. The van der Waals surface area contributed by atoms with Gasteiger partial charge in [-0.1, -0.05) is 42.5 Å². The number of carbonyl (C=O) groups is 2. The van der Waals surface area contributed by atoms with E-state index in [9.17, 15) is 22.8 Å². The molecule has 3 N–H and O–H groups in total. The van der Waals surface area contributed by atoms with E-state index in [1.807, 2.05) is 30.3 Å². The van der Waals surface area contributed by atoms with Crippen LogP contribution in [0.1, 0.15) is 31.7 Å². The van der Waals surface area contributed by atoms with Gasteiger partial charge in [-0.25, -0.2) is 0 Å². The summed E-state index contributed by atoms with van der Waals surface area (Å²) in [4.78, 5) is 24.8. The standard InChI is InChI=1S/C22H30F3N3O3/c1-16(26)20(29)27-18(12-11-17-7-3-2-4-8-17)9-5-13-28(21(30)22(23,24)25)19-10-6-14-31-15-19/h2-5,7-9,16,18-19H,6,10-15,26H2,1H3,(H,27,29)/b9-5+/t16-,18+,19?/m0/s1. The van der Waals surface area contributed by atoms with Gasteiger partial charge < -0.3 is 20.7 Å². The average Bonchev–Trinajstić information content (AvgIpc) is 2.75. The van der Waals surface area contributed by atoms with Gasteiger partial charge in [-0.3, -0.25) is 9.59 Å². The summed E-state index contributed by atoms with van der Waals surface area (Å²) in [7, 11) is 0. The molecule has 3 atom stereocenters. The third-order valence-electron chi connectivity index (χ3n) is 5.08. The molecule has 1 aromatic rings. The molecule has 1 saturated heterocycles. The van der Waals surface area contributed by atoms with Gasteiger partial charge >= 0.3 is 12.1 Å². The molecule has 2 amide bonds. The number of ether oxygens (including phenoxy) is 1. The predicted octanol–water partition coefficient (Wildman–Crippen LogP) is 2.58. The van der Waals surface area contributed by atoms with Crippen LogP contribution in [0.5, 0.6) is 0 Å². The third-order valence-corrected chi connectivity index (χ3v) is 5.08. The molecular formula is C22H30F3N3O3. The minimum Gasteiger partial charge on any atom is -0.379 e. The molecule has 1 aromatic carbocycles. The fraction of sp³-hybridized carbons (Fsp3) is 0.545. The zero-order chi connectivity index (χ0) is 22.9. The van der Waals surface area contributed by atoms with Crippen molar-refractivity contribution >= 4 is 11.8 Å². The highest BCUT2D eigenvalue weighted by Gasteiger charge is 2.44. The van der Waals surface area contributed by atoms with Gasteiger partial charge in [0.15, 0.2) is 0 Å². The summed E-state index contributed by atoms with van der Waals surface area (Å²) in [6.07, 6.45) is 0.421. The zero-order valence-electron chi connectivity index (χ0n) is 17.6. The number of carbonyl (C=O) groups excluding carboxylic acids is 2. The van der Waals surface area contributed by atoms with Crippen molar-refractivity contribution in [3.8, 4) is 0 Å². The summed E-state index contributed by atoms with van der Waals surface area (Å²) < 4.78 is 44.5. The van der Waals surface area contributed by atoms with Crippen LogP contribution in [-0.4, -0.2) is 60.8 Å². The highest BCUT2D eigenvalue weighted by atomic mass is 19.4. The van der Waals surface area contributed by atoms with Crippen molar-refractivity contribution in [1.82, 2.24) is 10.2 Å². The lowest BCUT2D eigenvalue weighted by Gasteiger charge is -2.34. The number of alkyl halides is 3. The first kappa shape index (κ1) is 24.9. The average molecular weight is 441 g/mol. The Hall–Kier alpha value is -2.39. The van der Waals surface area contributed by atoms with Crippen LogP contribution in [0, 0.1) is 0 Å². The lowest BCUT2D eigenvalue weighted by atomic mass is 10.0. The minimum atomic E-state index is -4.96. The van der Waals surface area contributed by atoms with Gasteiger partial charge in [-0.15, -0.1) is 0 Å². The van der Waals surface area contributed by atoms with Crippen LogP contribution >= 0.6 is 0 Å². The first-order valence-electron chi connectivity index (χ1n) is 10.4. The largest absolute Gasteiger partial charge is 0.471 e. The van der Waals surface area contributed by atoms with E-state index in [0.717, 1.165) is 10.5 Å². The van der Waals surface area contributed by atoms with Crippen LogP contribution < -0.4 is 11.1 Å². The number of rotatable bonds is 9. The molecule has 1 fully saturated rings. The van der Waals surface area contributed by atoms with Gasteiger partial charge in [0.2, 0.25) is 5.91 Å². The number of benzene rings is 1. The van der Waals surface area contributed by atoms with Crippen molar-refractivity contribution < 1.29 is 27.5 Å². The number of nitrogens with zero attached hydrogens (tertiary/aromatic N) is 1. The van der Waals surface area contributed by atoms with E-state index >= 15 is 0 Å². The molecule has 31 heavy (non-hydrogen) atoms. The number of nitrogens with one attached hydrogen (secondary N) is 1. The van der Waals surface area contributed by atoms with E-state index in [1.54, 1.807) is 13.0 Å². The van der Waals surface area contributed by atoms with Crippen molar-refractivity contribution in [1.29, 1.82) is 0 Å². The molecule has 0 bridgehead atoms. The molecule has 172 valence electrons. The molecule has 2 rings (SSSR count). The number of halogens is 3. The Morgan fingerprint density at radius 3 is 2.61 bits per heavy atom. The monoisotopic (exact) mass is 441 g/mol. The van der Waals surface area contributed by atoms with Gasteiger partial charge in [-0.2, -0.15) is 13.2 Å². The maximum Gasteiger partial charge on any atom is 0.471 e. The van der Waals surface area contributed by atoms with Crippen LogP contribution in [-0.2, 0) is 20.7 Å². The predicted molar refractivity (Wildman–Crippen MR) is 111 cm³/mol. The normalized spacial score (nSPS) is 19.1. The highest BCUT2D eigenvalue weighted by molar-refractivity contribution is 5.82. The van der Waals surface area contributed by atoms with Crippen LogP contribution in [0.2, 0.25) is 0 Å². The zero-order valence-corrected chi connectivity index (χ0v) is 17.6. The molecule has 0 aliphatic carbocycles. The van der Waals surface area contributed by atoms with Crippen LogP contribution in [0.25, 0.3) is 0 Å². The molecule has 1 aliphatic heterocycles. The number of aryl methyl sites for hydroxylation is 1. The minimum absolute atomic E-state index is 0.0779. The Balaban J connectivity index is 2.08.